The van der Waals surface area contributed by atoms with E-state index in [0.29, 0.717) is 6.54 Å². The van der Waals surface area contributed by atoms with E-state index in [1.54, 1.807) is 27.2 Å². The Bertz CT molecular complexity index is 576. The van der Waals surface area contributed by atoms with Crippen LogP contribution in [0.3, 0.4) is 0 Å². The molecule has 19 heavy (non-hydrogen) atoms. The fraction of sp³-hybridized carbons (Fsp3) is 0.400. The second-order valence-electron chi connectivity index (χ2n) is 5.39. The third kappa shape index (κ3) is 3.15. The highest BCUT2D eigenvalue weighted by Crippen LogP contribution is 2.27. The summed E-state index contributed by atoms with van der Waals surface area (Å²) in [4.78, 5) is 6.39. The van der Waals surface area contributed by atoms with Gasteiger partial charge in [0, 0.05) is 25.2 Å². The molecule has 0 fully saturated rings. The Morgan fingerprint density at radius 1 is 1.32 bits per heavy atom. The molecule has 1 aromatic carbocycles. The standard InChI is InChI=1S/C15H20N2O2/c1-15(2,18)10-17(3)14-13-6-5-12(19-4)9-11(13)7-8-16-14/h5-9,18H,10H2,1-4H3. The summed E-state index contributed by atoms with van der Waals surface area (Å²) < 4.78 is 5.23. The number of benzene rings is 1. The second kappa shape index (κ2) is 5.05. The highest BCUT2D eigenvalue weighted by Gasteiger charge is 2.18. The molecule has 1 heterocycles. The molecule has 1 N–H and O–H groups in total. The van der Waals surface area contributed by atoms with Gasteiger partial charge < -0.3 is 14.7 Å². The number of aliphatic hydroxyl groups is 1. The molecule has 0 atom stereocenters. The van der Waals surface area contributed by atoms with Crippen LogP contribution in [0, 0.1) is 0 Å². The molecule has 0 aliphatic heterocycles. The Labute approximate surface area is 113 Å². The molecular formula is C15H20N2O2. The SMILES string of the molecule is COc1ccc2c(N(C)CC(C)(C)O)nccc2c1. The van der Waals surface area contributed by atoms with Crippen LogP contribution in [0.4, 0.5) is 5.82 Å². The Morgan fingerprint density at radius 3 is 2.68 bits per heavy atom. The third-order valence-corrected chi connectivity index (χ3v) is 2.94. The lowest BCUT2D eigenvalue weighted by Gasteiger charge is -2.27. The van der Waals surface area contributed by atoms with Crippen molar-refractivity contribution in [1.82, 2.24) is 4.98 Å². The number of ether oxygens (including phenoxy) is 1. The van der Waals surface area contributed by atoms with Crippen LogP contribution in [-0.4, -0.2) is 36.4 Å². The summed E-state index contributed by atoms with van der Waals surface area (Å²) in [6, 6.07) is 7.86. The van der Waals surface area contributed by atoms with E-state index in [0.717, 1.165) is 22.3 Å². The van der Waals surface area contributed by atoms with Gasteiger partial charge in [0.2, 0.25) is 0 Å². The Morgan fingerprint density at radius 2 is 2.05 bits per heavy atom. The van der Waals surface area contributed by atoms with E-state index in [9.17, 15) is 5.11 Å². The average Bonchev–Trinajstić information content (AvgIpc) is 2.35. The third-order valence-electron chi connectivity index (χ3n) is 2.94. The van der Waals surface area contributed by atoms with Gasteiger partial charge in [0.05, 0.1) is 12.7 Å². The van der Waals surface area contributed by atoms with Crippen molar-refractivity contribution in [2.45, 2.75) is 19.4 Å². The van der Waals surface area contributed by atoms with Crippen LogP contribution in [0.2, 0.25) is 0 Å². The molecule has 4 nitrogen and oxygen atoms in total. The molecule has 0 radical (unpaired) electrons. The van der Waals surface area contributed by atoms with Gasteiger partial charge in [-0.25, -0.2) is 4.98 Å². The number of methoxy groups -OCH3 is 1. The molecule has 0 saturated heterocycles. The zero-order valence-corrected chi connectivity index (χ0v) is 11.8. The largest absolute Gasteiger partial charge is 0.497 e. The first-order chi connectivity index (χ1) is 8.90. The second-order valence-corrected chi connectivity index (χ2v) is 5.39. The predicted molar refractivity (Wildman–Crippen MR) is 77.9 cm³/mol. The number of hydrogen-bond donors (Lipinski definition) is 1. The molecule has 2 rings (SSSR count). The summed E-state index contributed by atoms with van der Waals surface area (Å²) in [5.74, 6) is 1.69. The van der Waals surface area contributed by atoms with Crippen molar-refractivity contribution >= 4 is 16.6 Å². The Balaban J connectivity index is 2.43. The van der Waals surface area contributed by atoms with Gasteiger partial charge in [0.15, 0.2) is 0 Å². The Kier molecular flexibility index (Phi) is 3.62. The van der Waals surface area contributed by atoms with Gasteiger partial charge in [0.1, 0.15) is 11.6 Å². The molecule has 0 amide bonds. The van der Waals surface area contributed by atoms with Crippen LogP contribution in [0.1, 0.15) is 13.8 Å². The molecular weight excluding hydrogens is 240 g/mol. The minimum Gasteiger partial charge on any atom is -0.497 e. The summed E-state index contributed by atoms with van der Waals surface area (Å²) in [6.07, 6.45) is 1.78. The van der Waals surface area contributed by atoms with Crippen molar-refractivity contribution in [2.75, 3.05) is 25.6 Å². The lowest BCUT2D eigenvalue weighted by atomic mass is 10.1. The van der Waals surface area contributed by atoms with Crippen LogP contribution >= 0.6 is 0 Å². The Hall–Kier alpha value is -1.81. The first kappa shape index (κ1) is 13.6. The fourth-order valence-corrected chi connectivity index (χ4v) is 2.23. The zero-order valence-electron chi connectivity index (χ0n) is 11.8. The van der Waals surface area contributed by atoms with Crippen LogP contribution in [-0.2, 0) is 0 Å². The van der Waals surface area contributed by atoms with E-state index in [2.05, 4.69) is 4.98 Å². The topological polar surface area (TPSA) is 45.6 Å². The summed E-state index contributed by atoms with van der Waals surface area (Å²) in [5.41, 5.74) is -0.759. The van der Waals surface area contributed by atoms with E-state index < -0.39 is 5.60 Å². The molecule has 0 aliphatic rings. The quantitative estimate of drug-likeness (QED) is 0.917. The van der Waals surface area contributed by atoms with Gasteiger partial charge in [-0.2, -0.15) is 0 Å². The van der Waals surface area contributed by atoms with Gasteiger partial charge >= 0.3 is 0 Å². The number of pyridine rings is 1. The summed E-state index contributed by atoms with van der Waals surface area (Å²) in [7, 11) is 3.59. The number of nitrogens with zero attached hydrogens (tertiary/aromatic N) is 2. The molecule has 0 saturated carbocycles. The molecule has 0 unspecified atom stereocenters. The van der Waals surface area contributed by atoms with Crippen LogP contribution in [0.5, 0.6) is 5.75 Å². The normalized spacial score (nSPS) is 11.6. The molecule has 0 aliphatic carbocycles. The van der Waals surface area contributed by atoms with Crippen molar-refractivity contribution in [2.24, 2.45) is 0 Å². The number of anilines is 1. The monoisotopic (exact) mass is 260 g/mol. The molecule has 0 bridgehead atoms. The molecule has 0 spiro atoms. The lowest BCUT2D eigenvalue weighted by Crippen LogP contribution is -2.36. The minimum atomic E-state index is -0.759. The van der Waals surface area contributed by atoms with E-state index in [-0.39, 0.29) is 0 Å². The number of rotatable bonds is 4. The molecule has 2 aromatic rings. The smallest absolute Gasteiger partial charge is 0.136 e. The van der Waals surface area contributed by atoms with E-state index in [1.807, 2.05) is 36.2 Å². The zero-order chi connectivity index (χ0) is 14.0. The summed E-state index contributed by atoms with van der Waals surface area (Å²) >= 11 is 0. The van der Waals surface area contributed by atoms with Crippen molar-refractivity contribution in [1.29, 1.82) is 0 Å². The molecule has 4 heteroatoms. The fourth-order valence-electron chi connectivity index (χ4n) is 2.23. The number of aromatic nitrogens is 1. The lowest BCUT2D eigenvalue weighted by molar-refractivity contribution is 0.0885. The number of fused-ring (bicyclic) bond motifs is 1. The molecule has 102 valence electrons. The van der Waals surface area contributed by atoms with Gasteiger partial charge in [-0.3, -0.25) is 0 Å². The summed E-state index contributed by atoms with van der Waals surface area (Å²) in [6.45, 7) is 4.10. The van der Waals surface area contributed by atoms with Crippen molar-refractivity contribution < 1.29 is 9.84 Å². The predicted octanol–water partition coefficient (Wildman–Crippen LogP) is 2.45. The minimum absolute atomic E-state index is 0.519. The first-order valence-electron chi connectivity index (χ1n) is 6.27. The van der Waals surface area contributed by atoms with Gasteiger partial charge in [-0.05, 0) is 43.5 Å². The van der Waals surface area contributed by atoms with Crippen molar-refractivity contribution in [3.63, 3.8) is 0 Å². The highest BCUT2D eigenvalue weighted by atomic mass is 16.5. The average molecular weight is 260 g/mol. The maximum Gasteiger partial charge on any atom is 0.136 e. The van der Waals surface area contributed by atoms with E-state index in [4.69, 9.17) is 4.74 Å². The maximum atomic E-state index is 9.91. The van der Waals surface area contributed by atoms with Crippen LogP contribution in [0.15, 0.2) is 30.5 Å². The number of hydrogen-bond acceptors (Lipinski definition) is 4. The van der Waals surface area contributed by atoms with E-state index >= 15 is 0 Å². The van der Waals surface area contributed by atoms with E-state index in [1.165, 1.54) is 0 Å². The highest BCUT2D eigenvalue weighted by molar-refractivity contribution is 5.93. The first-order valence-corrected chi connectivity index (χ1v) is 6.27. The van der Waals surface area contributed by atoms with Gasteiger partial charge in [0.25, 0.3) is 0 Å². The van der Waals surface area contributed by atoms with Crippen LogP contribution < -0.4 is 9.64 Å². The molecule has 1 aromatic heterocycles. The van der Waals surface area contributed by atoms with Crippen LogP contribution in [0.25, 0.3) is 10.8 Å². The van der Waals surface area contributed by atoms with Crippen molar-refractivity contribution in [3.05, 3.63) is 30.5 Å². The van der Waals surface area contributed by atoms with Gasteiger partial charge in [-0.1, -0.05) is 0 Å². The maximum absolute atomic E-state index is 9.91. The van der Waals surface area contributed by atoms with Gasteiger partial charge in [-0.15, -0.1) is 0 Å². The van der Waals surface area contributed by atoms with Crippen molar-refractivity contribution in [3.8, 4) is 5.75 Å². The number of likely N-dealkylation sites (N-methyl/N-ethyl adjacent to an activating group) is 1. The summed E-state index contributed by atoms with van der Waals surface area (Å²) in [5, 5.41) is 12.0.